The van der Waals surface area contributed by atoms with E-state index >= 15 is 0 Å². The van der Waals surface area contributed by atoms with Crippen molar-refractivity contribution in [1.82, 2.24) is 5.32 Å². The standard InChI is InChI=1S/C16H18N2O2/c1-9-5-11-10(2)7-16(3,4)18-14(11)12(6-9)13(15(18)20)17-8-19/h5-8,13H,1-4H3,(H,17,19). The molecule has 1 N–H and O–H groups in total. The van der Waals surface area contributed by atoms with E-state index in [4.69, 9.17) is 0 Å². The van der Waals surface area contributed by atoms with E-state index in [1.54, 1.807) is 0 Å². The molecule has 0 aromatic heterocycles. The molecule has 0 bridgehead atoms. The van der Waals surface area contributed by atoms with Crippen LogP contribution in [0, 0.1) is 6.92 Å². The van der Waals surface area contributed by atoms with Crippen LogP contribution in [-0.4, -0.2) is 17.9 Å². The predicted octanol–water partition coefficient (Wildman–Crippen LogP) is 2.32. The number of benzene rings is 1. The lowest BCUT2D eigenvalue weighted by molar-refractivity contribution is -0.123. The summed E-state index contributed by atoms with van der Waals surface area (Å²) in [7, 11) is 0. The molecule has 0 fully saturated rings. The summed E-state index contributed by atoms with van der Waals surface area (Å²) < 4.78 is 0. The fraction of sp³-hybridized carbons (Fsp3) is 0.375. The Hall–Kier alpha value is -2.10. The smallest absolute Gasteiger partial charge is 0.255 e. The molecule has 2 heterocycles. The molecule has 2 aliphatic heterocycles. The zero-order chi connectivity index (χ0) is 14.7. The molecule has 4 heteroatoms. The van der Waals surface area contributed by atoms with E-state index in [0.29, 0.717) is 6.41 Å². The molecule has 0 aliphatic carbocycles. The number of nitrogens with one attached hydrogen (secondary N) is 1. The number of hydrogen-bond donors (Lipinski definition) is 1. The number of allylic oxidation sites excluding steroid dienone is 1. The van der Waals surface area contributed by atoms with Gasteiger partial charge in [0.2, 0.25) is 6.41 Å². The molecule has 0 spiro atoms. The lowest BCUT2D eigenvalue weighted by Crippen LogP contribution is -2.48. The monoisotopic (exact) mass is 270 g/mol. The summed E-state index contributed by atoms with van der Waals surface area (Å²) in [5.41, 5.74) is 4.83. The van der Waals surface area contributed by atoms with Crippen molar-refractivity contribution in [3.63, 3.8) is 0 Å². The molecule has 20 heavy (non-hydrogen) atoms. The van der Waals surface area contributed by atoms with Crippen molar-refractivity contribution >= 4 is 23.6 Å². The number of rotatable bonds is 2. The van der Waals surface area contributed by atoms with Gasteiger partial charge in [0.1, 0.15) is 6.04 Å². The Labute approximate surface area is 118 Å². The maximum atomic E-state index is 12.7. The third-order valence-electron chi connectivity index (χ3n) is 4.09. The van der Waals surface area contributed by atoms with E-state index < -0.39 is 6.04 Å². The topological polar surface area (TPSA) is 49.4 Å². The molecular formula is C16H18N2O2. The van der Waals surface area contributed by atoms with Gasteiger partial charge in [-0.05, 0) is 39.3 Å². The summed E-state index contributed by atoms with van der Waals surface area (Å²) in [6, 6.07) is 3.52. The number of carbonyl (C=O) groups excluding carboxylic acids is 2. The van der Waals surface area contributed by atoms with E-state index in [2.05, 4.69) is 24.4 Å². The van der Waals surface area contributed by atoms with Gasteiger partial charge in [0.05, 0.1) is 11.2 Å². The quantitative estimate of drug-likeness (QED) is 0.838. The average molecular weight is 270 g/mol. The van der Waals surface area contributed by atoms with Gasteiger partial charge in [0.25, 0.3) is 5.91 Å². The third-order valence-corrected chi connectivity index (χ3v) is 4.09. The molecule has 0 radical (unpaired) electrons. The first-order chi connectivity index (χ1) is 9.36. The van der Waals surface area contributed by atoms with Crippen molar-refractivity contribution in [2.45, 2.75) is 39.3 Å². The van der Waals surface area contributed by atoms with Crippen LogP contribution in [0.3, 0.4) is 0 Å². The summed E-state index contributed by atoms with van der Waals surface area (Å²) in [5.74, 6) is -0.0623. The fourth-order valence-electron chi connectivity index (χ4n) is 3.42. The molecule has 1 aromatic rings. The lowest BCUT2D eigenvalue weighted by Gasteiger charge is -2.39. The molecule has 3 rings (SSSR count). The number of anilines is 1. The highest BCUT2D eigenvalue weighted by Crippen LogP contribution is 2.48. The summed E-state index contributed by atoms with van der Waals surface area (Å²) in [6.45, 7) is 8.11. The van der Waals surface area contributed by atoms with Crippen LogP contribution < -0.4 is 10.2 Å². The Kier molecular flexibility index (Phi) is 2.55. The number of aryl methyl sites for hydroxylation is 1. The Balaban J connectivity index is 2.32. The van der Waals surface area contributed by atoms with Gasteiger partial charge >= 0.3 is 0 Å². The Bertz CT molecular complexity index is 659. The largest absolute Gasteiger partial charge is 0.343 e. The molecule has 0 saturated heterocycles. The van der Waals surface area contributed by atoms with Crippen LogP contribution in [0.1, 0.15) is 43.5 Å². The number of hydrogen-bond acceptors (Lipinski definition) is 2. The molecule has 2 aliphatic rings. The van der Waals surface area contributed by atoms with Crippen molar-refractivity contribution in [3.05, 3.63) is 34.9 Å². The minimum absolute atomic E-state index is 0.0623. The van der Waals surface area contributed by atoms with Gasteiger partial charge in [0.15, 0.2) is 0 Å². The number of amides is 2. The molecule has 0 saturated carbocycles. The Morgan fingerprint density at radius 3 is 2.65 bits per heavy atom. The van der Waals surface area contributed by atoms with Gasteiger partial charge in [0, 0.05) is 11.1 Å². The Morgan fingerprint density at radius 2 is 2.00 bits per heavy atom. The second-order valence-electron chi connectivity index (χ2n) is 6.12. The first kappa shape index (κ1) is 12.9. The van der Waals surface area contributed by atoms with E-state index in [-0.39, 0.29) is 11.4 Å². The molecule has 104 valence electrons. The summed E-state index contributed by atoms with van der Waals surface area (Å²) >= 11 is 0. The van der Waals surface area contributed by atoms with Gasteiger partial charge in [-0.3, -0.25) is 9.59 Å². The van der Waals surface area contributed by atoms with Crippen molar-refractivity contribution in [3.8, 4) is 0 Å². The van der Waals surface area contributed by atoms with Crippen LogP contribution in [0.2, 0.25) is 0 Å². The normalized spacial score (nSPS) is 22.4. The predicted molar refractivity (Wildman–Crippen MR) is 78.3 cm³/mol. The van der Waals surface area contributed by atoms with E-state index in [0.717, 1.165) is 22.4 Å². The summed E-state index contributed by atoms with van der Waals surface area (Å²) in [4.78, 5) is 25.3. The highest BCUT2D eigenvalue weighted by Gasteiger charge is 2.46. The minimum Gasteiger partial charge on any atom is -0.343 e. The highest BCUT2D eigenvalue weighted by atomic mass is 16.2. The first-order valence-corrected chi connectivity index (χ1v) is 6.75. The van der Waals surface area contributed by atoms with Crippen LogP contribution >= 0.6 is 0 Å². The Morgan fingerprint density at radius 1 is 1.30 bits per heavy atom. The molecule has 1 aromatic carbocycles. The van der Waals surface area contributed by atoms with Crippen molar-refractivity contribution < 1.29 is 9.59 Å². The third kappa shape index (κ3) is 1.54. The minimum atomic E-state index is -0.570. The maximum absolute atomic E-state index is 12.7. The zero-order valence-corrected chi connectivity index (χ0v) is 12.2. The van der Waals surface area contributed by atoms with E-state index in [9.17, 15) is 9.59 Å². The van der Waals surface area contributed by atoms with Crippen LogP contribution in [0.25, 0.3) is 5.57 Å². The molecule has 4 nitrogen and oxygen atoms in total. The first-order valence-electron chi connectivity index (χ1n) is 6.75. The van der Waals surface area contributed by atoms with Gasteiger partial charge in [-0.15, -0.1) is 0 Å². The lowest BCUT2D eigenvalue weighted by atomic mass is 9.88. The SMILES string of the molecule is CC1=CC(C)(C)N2C(=O)C(NC=O)c3cc(C)cc1c32. The zero-order valence-electron chi connectivity index (χ0n) is 12.2. The second-order valence-corrected chi connectivity index (χ2v) is 6.12. The van der Waals surface area contributed by atoms with Gasteiger partial charge in [-0.1, -0.05) is 17.7 Å². The second kappa shape index (κ2) is 3.95. The summed E-state index contributed by atoms with van der Waals surface area (Å²) in [5, 5.41) is 2.65. The van der Waals surface area contributed by atoms with Crippen molar-refractivity contribution in [1.29, 1.82) is 0 Å². The average Bonchev–Trinajstić information content (AvgIpc) is 2.61. The van der Waals surface area contributed by atoms with Crippen molar-refractivity contribution in [2.75, 3.05) is 4.90 Å². The van der Waals surface area contributed by atoms with Gasteiger partial charge in [-0.2, -0.15) is 0 Å². The van der Waals surface area contributed by atoms with Gasteiger partial charge < -0.3 is 10.2 Å². The maximum Gasteiger partial charge on any atom is 0.255 e. The van der Waals surface area contributed by atoms with Gasteiger partial charge in [-0.25, -0.2) is 0 Å². The molecular weight excluding hydrogens is 252 g/mol. The van der Waals surface area contributed by atoms with Crippen LogP contribution in [0.5, 0.6) is 0 Å². The molecule has 1 atom stereocenters. The van der Waals surface area contributed by atoms with Crippen LogP contribution in [-0.2, 0) is 9.59 Å². The number of carbonyl (C=O) groups is 2. The van der Waals surface area contributed by atoms with Crippen LogP contribution in [0.4, 0.5) is 5.69 Å². The van der Waals surface area contributed by atoms with Crippen LogP contribution in [0.15, 0.2) is 18.2 Å². The summed E-state index contributed by atoms with van der Waals surface area (Å²) in [6.07, 6.45) is 2.71. The van der Waals surface area contributed by atoms with Crippen molar-refractivity contribution in [2.24, 2.45) is 0 Å². The number of nitrogens with zero attached hydrogens (tertiary/aromatic N) is 1. The van der Waals surface area contributed by atoms with E-state index in [1.807, 2.05) is 31.7 Å². The molecule has 1 unspecified atom stereocenters. The highest BCUT2D eigenvalue weighted by molar-refractivity contribution is 6.10. The van der Waals surface area contributed by atoms with E-state index in [1.165, 1.54) is 5.57 Å². The molecule has 2 amide bonds. The fourth-order valence-corrected chi connectivity index (χ4v) is 3.42.